The van der Waals surface area contributed by atoms with Crippen LogP contribution in [0.25, 0.3) is 54.2 Å². The molecule has 0 saturated heterocycles. The molecule has 8 aromatic carbocycles. The molecule has 2 nitrogen and oxygen atoms in total. The van der Waals surface area contributed by atoms with E-state index in [1.165, 1.54) is 54.2 Å². The van der Waals surface area contributed by atoms with Gasteiger partial charge >= 0.3 is 0 Å². The van der Waals surface area contributed by atoms with Gasteiger partial charge in [0.2, 0.25) is 0 Å². The van der Waals surface area contributed by atoms with Crippen LogP contribution in [0.3, 0.4) is 0 Å². The Hall–Kier alpha value is -5.60. The maximum Gasteiger partial charge on any atom is 0.127 e. The van der Waals surface area contributed by atoms with Crippen LogP contribution >= 0.6 is 0 Å². The van der Waals surface area contributed by atoms with Crippen LogP contribution in [0, 0.1) is 0 Å². The van der Waals surface area contributed by atoms with Gasteiger partial charge in [-0.05, 0) is 115 Å². The first kappa shape index (κ1) is 25.4. The predicted molar refractivity (Wildman–Crippen MR) is 179 cm³/mol. The van der Waals surface area contributed by atoms with Crippen molar-refractivity contribution >= 4 is 48.8 Å². The second kappa shape index (κ2) is 11.1. The second-order valence-corrected chi connectivity index (χ2v) is 10.5. The van der Waals surface area contributed by atoms with Crippen molar-refractivity contribution in [1.29, 1.82) is 0 Å². The summed E-state index contributed by atoms with van der Waals surface area (Å²) in [5.41, 5.74) is 8.85. The lowest BCUT2D eigenvalue weighted by atomic mass is 9.95. The molecule has 200 valence electrons. The van der Waals surface area contributed by atoms with E-state index >= 15 is 0 Å². The summed E-state index contributed by atoms with van der Waals surface area (Å²) in [5.74, 6) is 1.58. The topological polar surface area (TPSA) is 35.2 Å². The number of hydrogen-bond acceptors (Lipinski definition) is 2. The Morgan fingerprint density at radius 2 is 0.762 bits per heavy atom. The quantitative estimate of drug-likeness (QED) is 0.179. The number of benzene rings is 8. The van der Waals surface area contributed by atoms with Crippen LogP contribution in [-0.2, 0) is 0 Å². The summed E-state index contributed by atoms with van der Waals surface area (Å²) in [6.45, 7) is 0. The van der Waals surface area contributed by atoms with Gasteiger partial charge in [0, 0.05) is 5.69 Å². The third-order valence-corrected chi connectivity index (χ3v) is 7.64. The van der Waals surface area contributed by atoms with E-state index in [1.54, 1.807) is 0 Å². The Morgan fingerprint density at radius 3 is 1.26 bits per heavy atom. The van der Waals surface area contributed by atoms with E-state index in [2.05, 4.69) is 127 Å². The normalized spacial score (nSPS) is 11.0. The van der Waals surface area contributed by atoms with Crippen molar-refractivity contribution in [2.24, 2.45) is 0 Å². The molecule has 0 bridgehead atoms. The summed E-state index contributed by atoms with van der Waals surface area (Å²) < 4.78 is 5.91. The summed E-state index contributed by atoms with van der Waals surface area (Å²) in [5, 5.41) is 10.3. The molecule has 0 aromatic heterocycles. The smallest absolute Gasteiger partial charge is 0.127 e. The van der Waals surface area contributed by atoms with Gasteiger partial charge in [0.15, 0.2) is 0 Å². The number of hydrogen-bond donors (Lipinski definition) is 1. The summed E-state index contributed by atoms with van der Waals surface area (Å²) in [6.07, 6.45) is 0. The highest BCUT2D eigenvalue weighted by atomic mass is 16.5. The number of fused-ring (bicyclic) bond motifs is 4. The van der Waals surface area contributed by atoms with Crippen LogP contribution in [-0.4, -0.2) is 0 Å². The zero-order chi connectivity index (χ0) is 28.3. The van der Waals surface area contributed by atoms with Gasteiger partial charge in [-0.2, -0.15) is 0 Å². The van der Waals surface area contributed by atoms with Crippen LogP contribution < -0.4 is 10.5 Å². The lowest BCUT2D eigenvalue weighted by Gasteiger charge is -2.10. The molecule has 0 aliphatic heterocycles. The molecular formula is C40H29NO. The second-order valence-electron chi connectivity index (χ2n) is 10.5. The Bertz CT molecular complexity index is 2060. The number of nitrogen functional groups attached to an aromatic ring is 1. The van der Waals surface area contributed by atoms with Gasteiger partial charge in [-0.3, -0.25) is 0 Å². The largest absolute Gasteiger partial charge is 0.457 e. The van der Waals surface area contributed by atoms with Gasteiger partial charge in [0.1, 0.15) is 11.5 Å². The first-order chi connectivity index (χ1) is 20.7. The fourth-order valence-corrected chi connectivity index (χ4v) is 5.48. The van der Waals surface area contributed by atoms with Gasteiger partial charge < -0.3 is 10.5 Å². The third kappa shape index (κ3) is 5.26. The summed E-state index contributed by atoms with van der Waals surface area (Å²) in [6, 6.07) is 56.5. The fraction of sp³-hybridized carbons (Fsp3) is 0. The molecule has 2 heteroatoms. The van der Waals surface area contributed by atoms with Gasteiger partial charge in [-0.1, -0.05) is 103 Å². The zero-order valence-corrected chi connectivity index (χ0v) is 23.1. The van der Waals surface area contributed by atoms with Crippen molar-refractivity contribution in [3.8, 4) is 22.6 Å². The van der Waals surface area contributed by atoms with E-state index in [4.69, 9.17) is 10.5 Å². The van der Waals surface area contributed by atoms with Crippen molar-refractivity contribution in [1.82, 2.24) is 0 Å². The molecule has 2 N–H and O–H groups in total. The van der Waals surface area contributed by atoms with E-state index in [1.807, 2.05) is 36.4 Å². The SMILES string of the molecule is Nc1ccc(Oc2ccc(-c3cccc4cc5ccccc5cc34)cc2)cc1.c1ccc2cc3ccccc3cc2c1. The minimum absolute atomic E-state index is 0.728. The van der Waals surface area contributed by atoms with Gasteiger partial charge in [0.25, 0.3) is 0 Å². The molecule has 0 saturated carbocycles. The van der Waals surface area contributed by atoms with Crippen molar-refractivity contribution in [3.05, 3.63) is 164 Å². The Kier molecular flexibility index (Phi) is 6.71. The van der Waals surface area contributed by atoms with Gasteiger partial charge in [0.05, 0.1) is 0 Å². The van der Waals surface area contributed by atoms with Crippen LogP contribution in [0.5, 0.6) is 11.5 Å². The molecule has 0 amide bonds. The standard InChI is InChI=1S/C26H19NO.C14H10/c27-22-10-14-24(15-11-22)28-23-12-8-18(9-13-23)25-7-3-6-21-16-19-4-1-2-5-20(19)17-26(21)25;1-2-6-12-10-14-8-4-3-7-13(14)9-11(12)5-1/h1-17H,27H2;1-10H. The number of ether oxygens (including phenoxy) is 1. The first-order valence-electron chi connectivity index (χ1n) is 14.1. The average Bonchev–Trinajstić information content (AvgIpc) is 3.04. The predicted octanol–water partition coefficient (Wildman–Crippen LogP) is 11.0. The van der Waals surface area contributed by atoms with Crippen molar-refractivity contribution in [3.63, 3.8) is 0 Å². The highest BCUT2D eigenvalue weighted by Crippen LogP contribution is 2.33. The molecule has 0 radical (unpaired) electrons. The lowest BCUT2D eigenvalue weighted by Crippen LogP contribution is -1.87. The first-order valence-corrected chi connectivity index (χ1v) is 14.1. The van der Waals surface area contributed by atoms with Crippen LogP contribution in [0.4, 0.5) is 5.69 Å². The molecule has 8 aromatic rings. The average molecular weight is 540 g/mol. The molecule has 0 atom stereocenters. The minimum Gasteiger partial charge on any atom is -0.457 e. The van der Waals surface area contributed by atoms with E-state index in [9.17, 15) is 0 Å². The molecule has 42 heavy (non-hydrogen) atoms. The van der Waals surface area contributed by atoms with Gasteiger partial charge in [-0.25, -0.2) is 0 Å². The fourth-order valence-electron chi connectivity index (χ4n) is 5.48. The number of anilines is 1. The molecule has 0 aliphatic rings. The number of rotatable bonds is 3. The van der Waals surface area contributed by atoms with Crippen molar-refractivity contribution < 1.29 is 4.74 Å². The summed E-state index contributed by atoms with van der Waals surface area (Å²) in [4.78, 5) is 0. The van der Waals surface area contributed by atoms with Crippen molar-refractivity contribution in [2.45, 2.75) is 0 Å². The maximum atomic E-state index is 5.91. The Labute approximate surface area is 245 Å². The zero-order valence-electron chi connectivity index (χ0n) is 23.1. The summed E-state index contributed by atoms with van der Waals surface area (Å²) >= 11 is 0. The molecule has 0 heterocycles. The number of nitrogens with two attached hydrogens (primary N) is 1. The molecule has 0 unspecified atom stereocenters. The van der Waals surface area contributed by atoms with E-state index in [0.717, 1.165) is 17.2 Å². The Morgan fingerprint density at radius 1 is 0.357 bits per heavy atom. The molecular weight excluding hydrogens is 510 g/mol. The highest BCUT2D eigenvalue weighted by molar-refractivity contribution is 6.05. The Balaban J connectivity index is 0.000000171. The van der Waals surface area contributed by atoms with Crippen LogP contribution in [0.2, 0.25) is 0 Å². The molecule has 0 aliphatic carbocycles. The van der Waals surface area contributed by atoms with E-state index in [0.29, 0.717) is 0 Å². The highest BCUT2D eigenvalue weighted by Gasteiger charge is 2.06. The molecule has 0 spiro atoms. The molecule has 8 rings (SSSR count). The lowest BCUT2D eigenvalue weighted by molar-refractivity contribution is 0.483. The maximum absolute atomic E-state index is 5.91. The summed E-state index contributed by atoms with van der Waals surface area (Å²) in [7, 11) is 0. The van der Waals surface area contributed by atoms with E-state index in [-0.39, 0.29) is 0 Å². The monoisotopic (exact) mass is 539 g/mol. The minimum atomic E-state index is 0.728. The molecule has 0 fully saturated rings. The van der Waals surface area contributed by atoms with E-state index < -0.39 is 0 Å². The van der Waals surface area contributed by atoms with Gasteiger partial charge in [-0.15, -0.1) is 0 Å². The van der Waals surface area contributed by atoms with Crippen LogP contribution in [0.15, 0.2) is 164 Å². The van der Waals surface area contributed by atoms with Crippen molar-refractivity contribution in [2.75, 3.05) is 5.73 Å². The van der Waals surface area contributed by atoms with Crippen LogP contribution in [0.1, 0.15) is 0 Å². The third-order valence-electron chi connectivity index (χ3n) is 7.64.